The molecular weight excluding hydrogens is 425 g/mol. The molecule has 1 aliphatic rings. The second-order valence-electron chi connectivity index (χ2n) is 8.71. The summed E-state index contributed by atoms with van der Waals surface area (Å²) >= 11 is 0. The average molecular weight is 458 g/mol. The highest BCUT2D eigenvalue weighted by Crippen LogP contribution is 2.27. The zero-order valence-corrected chi connectivity index (χ0v) is 19.8. The number of halogens is 1. The number of carbonyl (C=O) groups excluding carboxylic acids is 2. The fraction of sp³-hybridized carbons (Fsp3) is 0.440. The summed E-state index contributed by atoms with van der Waals surface area (Å²) in [6, 6.07) is 10.4. The van der Waals surface area contributed by atoms with Crippen LogP contribution in [0.4, 0.5) is 10.1 Å². The summed E-state index contributed by atoms with van der Waals surface area (Å²) in [5.41, 5.74) is 1.22. The summed E-state index contributed by atoms with van der Waals surface area (Å²) in [7, 11) is 5.45. The maximum Gasteiger partial charge on any atom is 0.257 e. The fourth-order valence-electron chi connectivity index (χ4n) is 3.84. The van der Waals surface area contributed by atoms with Gasteiger partial charge in [0.15, 0.2) is 0 Å². The molecule has 0 radical (unpaired) electrons. The Morgan fingerprint density at radius 2 is 1.82 bits per heavy atom. The van der Waals surface area contributed by atoms with Crippen LogP contribution in [0.1, 0.15) is 34.6 Å². The van der Waals surface area contributed by atoms with Crippen LogP contribution in [0.15, 0.2) is 42.5 Å². The van der Waals surface area contributed by atoms with Gasteiger partial charge in [-0.2, -0.15) is 0 Å². The van der Waals surface area contributed by atoms with Crippen LogP contribution in [0.5, 0.6) is 5.75 Å². The number of nitrogens with one attached hydrogen (secondary N) is 1. The van der Waals surface area contributed by atoms with Gasteiger partial charge in [0, 0.05) is 50.6 Å². The van der Waals surface area contributed by atoms with E-state index in [-0.39, 0.29) is 29.9 Å². The summed E-state index contributed by atoms with van der Waals surface area (Å²) in [5, 5.41) is 2.79. The van der Waals surface area contributed by atoms with Crippen molar-refractivity contribution in [2.75, 3.05) is 46.2 Å². The van der Waals surface area contributed by atoms with Crippen LogP contribution in [0.2, 0.25) is 0 Å². The number of likely N-dealkylation sites (N-methyl/N-ethyl adjacent to an activating group) is 2. The lowest BCUT2D eigenvalue weighted by Crippen LogP contribution is -2.45. The van der Waals surface area contributed by atoms with E-state index >= 15 is 0 Å². The molecule has 0 saturated heterocycles. The predicted molar refractivity (Wildman–Crippen MR) is 125 cm³/mol. The second-order valence-corrected chi connectivity index (χ2v) is 8.71. The molecule has 0 aliphatic carbocycles. The van der Waals surface area contributed by atoms with Gasteiger partial charge < -0.3 is 19.7 Å². The largest absolute Gasteiger partial charge is 0.491 e. The van der Waals surface area contributed by atoms with Crippen LogP contribution in [0, 0.1) is 11.7 Å². The van der Waals surface area contributed by atoms with Gasteiger partial charge in [-0.3, -0.25) is 14.5 Å². The second kappa shape index (κ2) is 10.8. The quantitative estimate of drug-likeness (QED) is 0.764. The van der Waals surface area contributed by atoms with E-state index < -0.39 is 5.82 Å². The van der Waals surface area contributed by atoms with Crippen LogP contribution in [0.3, 0.4) is 0 Å². The standard InChI is InChI=1S/C25H32FN3O4/c1-16-13-28(3)17(2)15-33-22-12-20(27-24(30)18-6-8-19(26)9-7-18)10-11-21(22)25(31)29(4)14-23(16)32-5/h6-12,16-17,23H,13-15H2,1-5H3,(H,27,30)/t16-,17+,23+/m0/s1. The number of ether oxygens (including phenoxy) is 2. The smallest absolute Gasteiger partial charge is 0.257 e. The Labute approximate surface area is 194 Å². The van der Waals surface area contributed by atoms with Crippen LogP contribution < -0.4 is 10.1 Å². The highest BCUT2D eigenvalue weighted by Gasteiger charge is 2.27. The molecule has 8 heteroatoms. The van der Waals surface area contributed by atoms with Crippen molar-refractivity contribution in [2.45, 2.75) is 26.0 Å². The Bertz CT molecular complexity index is 982. The normalized spacial score (nSPS) is 22.5. The van der Waals surface area contributed by atoms with E-state index in [9.17, 15) is 14.0 Å². The Hall–Kier alpha value is -2.97. The van der Waals surface area contributed by atoms with Crippen molar-refractivity contribution >= 4 is 17.5 Å². The Kier molecular flexibility index (Phi) is 8.05. The van der Waals surface area contributed by atoms with E-state index in [1.807, 2.05) is 7.05 Å². The minimum absolute atomic E-state index is 0.0996. The molecule has 0 bridgehead atoms. The lowest BCUT2D eigenvalue weighted by Gasteiger charge is -2.34. The summed E-state index contributed by atoms with van der Waals surface area (Å²) in [4.78, 5) is 29.6. The van der Waals surface area contributed by atoms with E-state index in [4.69, 9.17) is 9.47 Å². The van der Waals surface area contributed by atoms with E-state index in [0.717, 1.165) is 6.54 Å². The lowest BCUT2D eigenvalue weighted by molar-refractivity contribution is 0.0150. The van der Waals surface area contributed by atoms with Crippen LogP contribution in [-0.2, 0) is 4.74 Å². The van der Waals surface area contributed by atoms with Gasteiger partial charge in [-0.15, -0.1) is 0 Å². The maximum absolute atomic E-state index is 13.2. The molecule has 3 rings (SSSR count). The number of methoxy groups -OCH3 is 1. The van der Waals surface area contributed by atoms with E-state index in [2.05, 4.69) is 24.1 Å². The van der Waals surface area contributed by atoms with Gasteiger partial charge in [-0.25, -0.2) is 4.39 Å². The van der Waals surface area contributed by atoms with Gasteiger partial charge in [0.05, 0.1) is 11.7 Å². The average Bonchev–Trinajstić information content (AvgIpc) is 2.80. The highest BCUT2D eigenvalue weighted by atomic mass is 19.1. The molecule has 1 heterocycles. The molecule has 0 unspecified atom stereocenters. The topological polar surface area (TPSA) is 71.1 Å². The SMILES string of the molecule is CO[C@@H]1CN(C)C(=O)c2ccc(NC(=O)c3ccc(F)cc3)cc2OC[C@@H](C)N(C)C[C@@H]1C. The van der Waals surface area contributed by atoms with Crippen molar-refractivity contribution in [3.05, 3.63) is 59.4 Å². The molecule has 0 fully saturated rings. The molecule has 2 aromatic carbocycles. The number of amides is 2. The zero-order valence-electron chi connectivity index (χ0n) is 19.8. The third kappa shape index (κ3) is 6.09. The molecule has 1 N–H and O–H groups in total. The Morgan fingerprint density at radius 3 is 2.48 bits per heavy atom. The summed E-state index contributed by atoms with van der Waals surface area (Å²) in [5.74, 6) is -0.354. The van der Waals surface area contributed by atoms with E-state index in [1.165, 1.54) is 24.3 Å². The molecular formula is C25H32FN3O4. The molecule has 0 saturated carbocycles. The molecule has 2 aromatic rings. The molecule has 2 amide bonds. The molecule has 33 heavy (non-hydrogen) atoms. The molecule has 3 atom stereocenters. The Balaban J connectivity index is 1.89. The third-order valence-corrected chi connectivity index (χ3v) is 6.12. The number of hydrogen-bond donors (Lipinski definition) is 1. The van der Waals surface area contributed by atoms with Crippen LogP contribution in [0.25, 0.3) is 0 Å². The van der Waals surface area contributed by atoms with Crippen LogP contribution >= 0.6 is 0 Å². The van der Waals surface area contributed by atoms with Crippen molar-refractivity contribution in [2.24, 2.45) is 5.92 Å². The Morgan fingerprint density at radius 1 is 1.12 bits per heavy atom. The summed E-state index contributed by atoms with van der Waals surface area (Å²) in [6.45, 7) is 5.80. The summed E-state index contributed by atoms with van der Waals surface area (Å²) < 4.78 is 24.9. The fourth-order valence-corrected chi connectivity index (χ4v) is 3.84. The number of hydrogen-bond acceptors (Lipinski definition) is 5. The van der Waals surface area contributed by atoms with Gasteiger partial charge in [-0.1, -0.05) is 6.92 Å². The monoisotopic (exact) mass is 457 g/mol. The van der Waals surface area contributed by atoms with Crippen molar-refractivity contribution < 1.29 is 23.5 Å². The number of carbonyl (C=O) groups is 2. The first kappa shape index (κ1) is 24.7. The van der Waals surface area contributed by atoms with Gasteiger partial charge in [0.1, 0.15) is 18.2 Å². The van der Waals surface area contributed by atoms with Gasteiger partial charge in [0.25, 0.3) is 11.8 Å². The van der Waals surface area contributed by atoms with Crippen LogP contribution in [-0.4, -0.2) is 74.7 Å². The minimum Gasteiger partial charge on any atom is -0.491 e. The number of benzene rings is 2. The molecule has 178 valence electrons. The van der Waals surface area contributed by atoms with Gasteiger partial charge in [-0.05, 0) is 56.3 Å². The number of rotatable bonds is 3. The molecule has 7 nitrogen and oxygen atoms in total. The van der Waals surface area contributed by atoms with Crippen molar-refractivity contribution in [3.8, 4) is 5.75 Å². The zero-order chi connectivity index (χ0) is 24.1. The molecule has 0 spiro atoms. The third-order valence-electron chi connectivity index (χ3n) is 6.12. The predicted octanol–water partition coefficient (Wildman–Crippen LogP) is 3.51. The first-order chi connectivity index (χ1) is 15.7. The number of nitrogens with zero attached hydrogens (tertiary/aromatic N) is 2. The van der Waals surface area contributed by atoms with E-state index in [1.54, 1.807) is 37.3 Å². The molecule has 1 aliphatic heterocycles. The van der Waals surface area contributed by atoms with Crippen molar-refractivity contribution in [1.82, 2.24) is 9.80 Å². The van der Waals surface area contributed by atoms with Crippen molar-refractivity contribution in [3.63, 3.8) is 0 Å². The number of fused-ring (bicyclic) bond motifs is 1. The van der Waals surface area contributed by atoms with Crippen molar-refractivity contribution in [1.29, 1.82) is 0 Å². The lowest BCUT2D eigenvalue weighted by atomic mass is 10.0. The van der Waals surface area contributed by atoms with E-state index in [0.29, 0.717) is 35.7 Å². The number of anilines is 1. The first-order valence-electron chi connectivity index (χ1n) is 11.0. The van der Waals surface area contributed by atoms with Gasteiger partial charge >= 0.3 is 0 Å². The minimum atomic E-state index is -0.411. The highest BCUT2D eigenvalue weighted by molar-refractivity contribution is 6.05. The summed E-state index contributed by atoms with van der Waals surface area (Å²) in [6.07, 6.45) is -0.105. The molecule has 0 aromatic heterocycles. The first-order valence-corrected chi connectivity index (χ1v) is 11.0. The van der Waals surface area contributed by atoms with Gasteiger partial charge in [0.2, 0.25) is 0 Å². The maximum atomic E-state index is 13.2.